The van der Waals surface area contributed by atoms with Gasteiger partial charge in [-0.25, -0.2) is 0 Å². The Hall–Kier alpha value is -1.42. The van der Waals surface area contributed by atoms with Crippen molar-refractivity contribution in [1.82, 2.24) is 0 Å². The zero-order chi connectivity index (χ0) is 15.2. The van der Waals surface area contributed by atoms with Crippen molar-refractivity contribution in [3.05, 3.63) is 22.2 Å². The van der Waals surface area contributed by atoms with Crippen LogP contribution in [0.2, 0.25) is 5.02 Å². The van der Waals surface area contributed by atoms with Gasteiger partial charge in [-0.2, -0.15) is 0 Å². The summed E-state index contributed by atoms with van der Waals surface area (Å²) in [5, 5.41) is 10.2. The monoisotopic (exact) mass is 310 g/mol. The predicted molar refractivity (Wildman–Crippen MR) is 79.7 cm³/mol. The minimum atomic E-state index is -0.869. The number of carboxylic acid groups (broad SMARTS) is 1. The second kappa shape index (κ2) is 5.09. The summed E-state index contributed by atoms with van der Waals surface area (Å²) in [6, 6.07) is 1.71. The third-order valence-corrected chi connectivity index (χ3v) is 4.79. The van der Waals surface area contributed by atoms with Crippen LogP contribution >= 0.6 is 11.6 Å². The van der Waals surface area contributed by atoms with Gasteiger partial charge in [0.05, 0.1) is 5.41 Å². The van der Waals surface area contributed by atoms with Gasteiger partial charge in [-0.3, -0.25) is 4.79 Å². The molecule has 1 saturated carbocycles. The number of aliphatic carboxylic acids is 1. The highest BCUT2D eigenvalue weighted by atomic mass is 35.5. The van der Waals surface area contributed by atoms with Crippen molar-refractivity contribution in [2.75, 3.05) is 13.2 Å². The fourth-order valence-electron chi connectivity index (χ4n) is 3.32. The van der Waals surface area contributed by atoms with Gasteiger partial charge >= 0.3 is 5.97 Å². The number of fused-ring (bicyclic) bond motifs is 1. The van der Waals surface area contributed by atoms with Crippen molar-refractivity contribution < 1.29 is 19.4 Å². The van der Waals surface area contributed by atoms with Gasteiger partial charge in [0.25, 0.3) is 0 Å². The van der Waals surface area contributed by atoms with Gasteiger partial charge in [0.15, 0.2) is 11.5 Å². The van der Waals surface area contributed by atoms with E-state index >= 15 is 0 Å². The minimum Gasteiger partial charge on any atom is -0.486 e. The zero-order valence-electron chi connectivity index (χ0n) is 12.2. The van der Waals surface area contributed by atoms with Gasteiger partial charge in [0, 0.05) is 16.7 Å². The summed E-state index contributed by atoms with van der Waals surface area (Å²) in [7, 11) is 0. The molecule has 1 aliphatic heterocycles. The molecule has 4 nitrogen and oxygen atoms in total. The Kier molecular flexibility index (Phi) is 3.52. The van der Waals surface area contributed by atoms with Gasteiger partial charge < -0.3 is 14.6 Å². The lowest BCUT2D eigenvalue weighted by atomic mass is 9.62. The number of rotatable bonds is 3. The molecule has 3 rings (SSSR count). The molecule has 0 saturated heterocycles. The van der Waals surface area contributed by atoms with E-state index in [-0.39, 0.29) is 5.92 Å². The molecule has 114 valence electrons. The Balaban J connectivity index is 2.26. The summed E-state index contributed by atoms with van der Waals surface area (Å²) in [5.74, 6) is 0.613. The third-order valence-electron chi connectivity index (χ3n) is 4.49. The summed E-state index contributed by atoms with van der Waals surface area (Å²) in [4.78, 5) is 11.9. The predicted octanol–water partition coefficient (Wildman–Crippen LogP) is 3.74. The molecule has 1 N–H and O–H groups in total. The molecule has 0 atom stereocenters. The summed E-state index contributed by atoms with van der Waals surface area (Å²) < 4.78 is 11.4. The lowest BCUT2D eigenvalue weighted by Crippen LogP contribution is -2.43. The number of hydrogen-bond acceptors (Lipinski definition) is 3. The maximum atomic E-state index is 11.9. The van der Waals surface area contributed by atoms with E-state index in [9.17, 15) is 9.90 Å². The minimum absolute atomic E-state index is 0.117. The van der Waals surface area contributed by atoms with E-state index < -0.39 is 11.4 Å². The molecule has 0 unspecified atom stereocenters. The van der Waals surface area contributed by atoms with Crippen LogP contribution in [-0.2, 0) is 10.2 Å². The number of hydrogen-bond donors (Lipinski definition) is 1. The Morgan fingerprint density at radius 1 is 1.33 bits per heavy atom. The van der Waals surface area contributed by atoms with Crippen molar-refractivity contribution >= 4 is 17.6 Å². The number of ether oxygens (including phenoxy) is 2. The maximum Gasteiger partial charge on any atom is 0.314 e. The summed E-state index contributed by atoms with van der Waals surface area (Å²) in [5.41, 5.74) is 0.744. The average Bonchev–Trinajstić information content (AvgIpc) is 2.36. The lowest BCUT2D eigenvalue weighted by Gasteiger charge is -2.41. The van der Waals surface area contributed by atoms with Crippen molar-refractivity contribution in [1.29, 1.82) is 0 Å². The van der Waals surface area contributed by atoms with Crippen molar-refractivity contribution in [2.24, 2.45) is 0 Å². The first-order valence-electron chi connectivity index (χ1n) is 7.33. The highest BCUT2D eigenvalue weighted by molar-refractivity contribution is 6.32. The van der Waals surface area contributed by atoms with Crippen LogP contribution in [0.5, 0.6) is 11.5 Å². The third kappa shape index (κ3) is 2.08. The molecular formula is C16H19ClO4. The highest BCUT2D eigenvalue weighted by Crippen LogP contribution is 2.53. The van der Waals surface area contributed by atoms with Crippen molar-refractivity contribution in [3.63, 3.8) is 0 Å². The summed E-state index contributed by atoms with van der Waals surface area (Å²) in [6.45, 7) is 5.03. The molecule has 0 aromatic heterocycles. The fraction of sp³-hybridized carbons (Fsp3) is 0.562. The van der Waals surface area contributed by atoms with Crippen LogP contribution in [0, 0.1) is 0 Å². The molecule has 1 heterocycles. The van der Waals surface area contributed by atoms with Gasteiger partial charge in [-0.05, 0) is 24.3 Å². The molecule has 1 aliphatic carbocycles. The second-order valence-corrected chi connectivity index (χ2v) is 6.47. The topological polar surface area (TPSA) is 55.8 Å². The van der Waals surface area contributed by atoms with Gasteiger partial charge in [0.2, 0.25) is 0 Å². The standard InChI is InChI=1S/C16H19ClO4/c1-9(2)12-13(16(15(18)19)4-3-5-16)10(17)8-11-14(12)21-7-6-20-11/h8-9H,3-7H2,1-2H3,(H,18,19). The lowest BCUT2D eigenvalue weighted by molar-refractivity contribution is -0.147. The summed E-state index contributed by atoms with van der Waals surface area (Å²) in [6.07, 6.45) is 2.16. The molecule has 0 bridgehead atoms. The van der Waals surface area contributed by atoms with Crippen LogP contribution in [0.1, 0.15) is 50.2 Å². The molecule has 0 spiro atoms. The van der Waals surface area contributed by atoms with E-state index in [2.05, 4.69) is 0 Å². The molecule has 1 aromatic rings. The molecule has 21 heavy (non-hydrogen) atoms. The normalized spacial score (nSPS) is 19.2. The summed E-state index contributed by atoms with van der Waals surface area (Å²) >= 11 is 6.45. The maximum absolute atomic E-state index is 11.9. The Morgan fingerprint density at radius 3 is 2.52 bits per heavy atom. The molecule has 1 aromatic carbocycles. The van der Waals surface area contributed by atoms with Crippen LogP contribution in [0.3, 0.4) is 0 Å². The second-order valence-electron chi connectivity index (χ2n) is 6.07. The van der Waals surface area contributed by atoms with Crippen LogP contribution < -0.4 is 9.47 Å². The van der Waals surface area contributed by atoms with Gasteiger partial charge in [-0.1, -0.05) is 31.9 Å². The molecule has 0 amide bonds. The fourth-order valence-corrected chi connectivity index (χ4v) is 3.70. The first-order chi connectivity index (χ1) is 9.97. The largest absolute Gasteiger partial charge is 0.486 e. The molecule has 2 aliphatic rings. The van der Waals surface area contributed by atoms with E-state index in [1.54, 1.807) is 6.07 Å². The Morgan fingerprint density at radius 2 is 2.00 bits per heavy atom. The van der Waals surface area contributed by atoms with E-state index in [0.29, 0.717) is 42.6 Å². The van der Waals surface area contributed by atoms with Crippen LogP contribution in [0.15, 0.2) is 6.07 Å². The molecule has 1 fully saturated rings. The van der Waals surface area contributed by atoms with E-state index in [0.717, 1.165) is 17.5 Å². The molecule has 0 radical (unpaired) electrons. The quantitative estimate of drug-likeness (QED) is 0.924. The molecule has 5 heteroatoms. The Bertz CT molecular complexity index is 590. The van der Waals surface area contributed by atoms with Crippen molar-refractivity contribution in [3.8, 4) is 11.5 Å². The highest BCUT2D eigenvalue weighted by Gasteiger charge is 2.49. The smallest absolute Gasteiger partial charge is 0.314 e. The molecular weight excluding hydrogens is 292 g/mol. The Labute approximate surface area is 129 Å². The van der Waals surface area contributed by atoms with Crippen molar-refractivity contribution in [2.45, 2.75) is 44.4 Å². The number of halogens is 1. The van der Waals surface area contributed by atoms with Gasteiger partial charge in [-0.15, -0.1) is 0 Å². The first kappa shape index (κ1) is 14.5. The van der Waals surface area contributed by atoms with E-state index in [1.807, 2.05) is 13.8 Å². The number of benzene rings is 1. The SMILES string of the molecule is CC(C)c1c2c(cc(Cl)c1C1(C(=O)O)CCC1)OCCO2. The average molecular weight is 311 g/mol. The zero-order valence-corrected chi connectivity index (χ0v) is 13.0. The van der Waals surface area contributed by atoms with Crippen LogP contribution in [0.4, 0.5) is 0 Å². The van der Waals surface area contributed by atoms with Crippen LogP contribution in [0.25, 0.3) is 0 Å². The van der Waals surface area contributed by atoms with E-state index in [1.165, 1.54) is 0 Å². The van der Waals surface area contributed by atoms with Gasteiger partial charge in [0.1, 0.15) is 13.2 Å². The van der Waals surface area contributed by atoms with Crippen LogP contribution in [-0.4, -0.2) is 24.3 Å². The first-order valence-corrected chi connectivity index (χ1v) is 7.71. The van der Waals surface area contributed by atoms with E-state index in [4.69, 9.17) is 21.1 Å². The number of carboxylic acids is 1. The number of carbonyl (C=O) groups is 1.